The molecule has 4 heteroatoms. The summed E-state index contributed by atoms with van der Waals surface area (Å²) in [5, 5.41) is 5.42. The Kier molecular flexibility index (Phi) is 5.02. The second-order valence-electron chi connectivity index (χ2n) is 5.40. The fourth-order valence-corrected chi connectivity index (χ4v) is 5.59. The van der Waals surface area contributed by atoms with Gasteiger partial charge in [-0.15, -0.1) is 0 Å². The van der Waals surface area contributed by atoms with E-state index in [0.29, 0.717) is 5.92 Å². The Morgan fingerprint density at radius 1 is 1.26 bits per heavy atom. The maximum atomic E-state index is 6.05. The standard InChI is InChI=1S/C15H20ClNS2/c16-13-3-1-2-11(6-13)12-7-14(8-12)17-9-15-10-18-4-5-19-15/h1-3,6,12,14-15,17H,4-5,7-10H2. The molecule has 0 amide bonds. The molecule has 0 spiro atoms. The minimum Gasteiger partial charge on any atom is -0.313 e. The van der Waals surface area contributed by atoms with Crippen LogP contribution < -0.4 is 5.32 Å². The Hall–Kier alpha value is 0.170. The topological polar surface area (TPSA) is 12.0 Å². The lowest BCUT2D eigenvalue weighted by atomic mass is 9.76. The maximum absolute atomic E-state index is 6.05. The quantitative estimate of drug-likeness (QED) is 0.901. The zero-order valence-corrected chi connectivity index (χ0v) is 13.4. The number of thioether (sulfide) groups is 2. The molecule has 1 nitrogen and oxygen atoms in total. The van der Waals surface area contributed by atoms with Crippen LogP contribution in [0.4, 0.5) is 0 Å². The summed E-state index contributed by atoms with van der Waals surface area (Å²) in [5.41, 5.74) is 1.41. The Morgan fingerprint density at radius 2 is 2.16 bits per heavy atom. The normalized spacial score (nSPS) is 30.9. The molecule has 1 aliphatic heterocycles. The van der Waals surface area contributed by atoms with Gasteiger partial charge in [0.05, 0.1) is 0 Å². The first-order chi connectivity index (χ1) is 9.31. The van der Waals surface area contributed by atoms with Gasteiger partial charge in [0.1, 0.15) is 0 Å². The molecule has 19 heavy (non-hydrogen) atoms. The van der Waals surface area contributed by atoms with Crippen LogP contribution in [0.25, 0.3) is 0 Å². The van der Waals surface area contributed by atoms with E-state index < -0.39 is 0 Å². The largest absolute Gasteiger partial charge is 0.313 e. The first kappa shape index (κ1) is 14.1. The lowest BCUT2D eigenvalue weighted by molar-refractivity contribution is 0.293. The molecular formula is C15H20ClNS2. The molecule has 1 unspecified atom stereocenters. The summed E-state index contributed by atoms with van der Waals surface area (Å²) < 4.78 is 0. The maximum Gasteiger partial charge on any atom is 0.0408 e. The van der Waals surface area contributed by atoms with Crippen LogP contribution in [0.1, 0.15) is 24.3 Å². The summed E-state index contributed by atoms with van der Waals surface area (Å²) >= 11 is 10.3. The summed E-state index contributed by atoms with van der Waals surface area (Å²) in [6.45, 7) is 1.19. The van der Waals surface area contributed by atoms with Gasteiger partial charge in [0, 0.05) is 40.1 Å². The van der Waals surface area contributed by atoms with Crippen molar-refractivity contribution in [2.24, 2.45) is 0 Å². The molecule has 1 heterocycles. The Labute approximate surface area is 129 Å². The van der Waals surface area contributed by atoms with Gasteiger partial charge in [0.2, 0.25) is 0 Å². The van der Waals surface area contributed by atoms with E-state index in [0.717, 1.165) is 16.3 Å². The second kappa shape index (κ2) is 6.75. The predicted molar refractivity (Wildman–Crippen MR) is 88.8 cm³/mol. The lowest BCUT2D eigenvalue weighted by Crippen LogP contribution is -2.43. The highest BCUT2D eigenvalue weighted by atomic mass is 35.5. The second-order valence-corrected chi connectivity index (χ2v) is 8.39. The van der Waals surface area contributed by atoms with Gasteiger partial charge in [-0.1, -0.05) is 23.7 Å². The minimum atomic E-state index is 0.713. The summed E-state index contributed by atoms with van der Waals surface area (Å²) in [6, 6.07) is 9.07. The number of halogens is 1. The van der Waals surface area contributed by atoms with Gasteiger partial charge >= 0.3 is 0 Å². The molecule has 1 aromatic rings. The van der Waals surface area contributed by atoms with Crippen LogP contribution >= 0.6 is 35.1 Å². The molecule has 1 atom stereocenters. The molecule has 0 bridgehead atoms. The fraction of sp³-hybridized carbons (Fsp3) is 0.600. The van der Waals surface area contributed by atoms with E-state index in [1.165, 1.54) is 42.2 Å². The van der Waals surface area contributed by atoms with Crippen molar-refractivity contribution < 1.29 is 0 Å². The van der Waals surface area contributed by atoms with Crippen LogP contribution in [0, 0.1) is 0 Å². The number of benzene rings is 1. The number of rotatable bonds is 4. The van der Waals surface area contributed by atoms with Crippen molar-refractivity contribution in [3.05, 3.63) is 34.9 Å². The van der Waals surface area contributed by atoms with E-state index in [9.17, 15) is 0 Å². The zero-order valence-electron chi connectivity index (χ0n) is 11.0. The smallest absolute Gasteiger partial charge is 0.0408 e. The van der Waals surface area contributed by atoms with Crippen LogP contribution in [-0.2, 0) is 0 Å². The summed E-state index contributed by atoms with van der Waals surface area (Å²) in [5.74, 6) is 4.70. The molecule has 0 radical (unpaired) electrons. The third-order valence-corrected chi connectivity index (χ3v) is 7.06. The third-order valence-electron chi connectivity index (χ3n) is 3.98. The first-order valence-electron chi connectivity index (χ1n) is 6.99. The molecule has 1 N–H and O–H groups in total. The van der Waals surface area contributed by atoms with Crippen LogP contribution in [0.2, 0.25) is 5.02 Å². The molecule has 1 aromatic carbocycles. The first-order valence-corrected chi connectivity index (χ1v) is 9.57. The SMILES string of the molecule is Clc1cccc(C2CC(NCC3CSCCS3)C2)c1. The summed E-state index contributed by atoms with van der Waals surface area (Å²) in [7, 11) is 0. The van der Waals surface area contributed by atoms with Gasteiger partial charge in [-0.05, 0) is 36.5 Å². The van der Waals surface area contributed by atoms with Crippen molar-refractivity contribution in [3.8, 4) is 0 Å². The molecule has 3 rings (SSSR count). The van der Waals surface area contributed by atoms with Crippen LogP contribution in [-0.4, -0.2) is 35.1 Å². The van der Waals surface area contributed by atoms with Crippen LogP contribution in [0.3, 0.4) is 0 Å². The summed E-state index contributed by atoms with van der Waals surface area (Å²) in [4.78, 5) is 0. The molecule has 2 aliphatic rings. The zero-order chi connectivity index (χ0) is 13.1. The molecule has 1 saturated carbocycles. The highest BCUT2D eigenvalue weighted by molar-refractivity contribution is 8.06. The summed E-state index contributed by atoms with van der Waals surface area (Å²) in [6.07, 6.45) is 2.54. The Bertz CT molecular complexity index is 414. The van der Waals surface area contributed by atoms with Crippen molar-refractivity contribution in [2.75, 3.05) is 23.8 Å². The van der Waals surface area contributed by atoms with Gasteiger partial charge in [0.25, 0.3) is 0 Å². The van der Waals surface area contributed by atoms with E-state index in [-0.39, 0.29) is 0 Å². The third kappa shape index (κ3) is 3.84. The number of hydrogen-bond donors (Lipinski definition) is 1. The lowest BCUT2D eigenvalue weighted by Gasteiger charge is -2.37. The van der Waals surface area contributed by atoms with Gasteiger partial charge in [0.15, 0.2) is 0 Å². The van der Waals surface area contributed by atoms with Crippen LogP contribution in [0.5, 0.6) is 0 Å². The Balaban J connectivity index is 1.40. The molecule has 1 aliphatic carbocycles. The van der Waals surface area contributed by atoms with Gasteiger partial charge in [-0.2, -0.15) is 23.5 Å². The molecular weight excluding hydrogens is 294 g/mol. The van der Waals surface area contributed by atoms with Gasteiger partial charge in [-0.25, -0.2) is 0 Å². The van der Waals surface area contributed by atoms with Crippen molar-refractivity contribution >= 4 is 35.1 Å². The fourth-order valence-electron chi connectivity index (χ4n) is 2.77. The molecule has 2 fully saturated rings. The van der Waals surface area contributed by atoms with Crippen molar-refractivity contribution in [1.82, 2.24) is 5.32 Å². The highest BCUT2D eigenvalue weighted by Gasteiger charge is 2.30. The van der Waals surface area contributed by atoms with E-state index in [4.69, 9.17) is 11.6 Å². The van der Waals surface area contributed by atoms with E-state index >= 15 is 0 Å². The molecule has 0 aromatic heterocycles. The van der Waals surface area contributed by atoms with Gasteiger partial charge < -0.3 is 5.32 Å². The number of nitrogens with one attached hydrogen (secondary N) is 1. The van der Waals surface area contributed by atoms with Crippen molar-refractivity contribution in [3.63, 3.8) is 0 Å². The predicted octanol–water partition coefficient (Wildman–Crippen LogP) is 4.02. The molecule has 1 saturated heterocycles. The van der Waals surface area contributed by atoms with Gasteiger partial charge in [-0.3, -0.25) is 0 Å². The average Bonchev–Trinajstić information content (AvgIpc) is 2.38. The average molecular weight is 314 g/mol. The highest BCUT2D eigenvalue weighted by Crippen LogP contribution is 2.37. The van der Waals surface area contributed by atoms with Crippen molar-refractivity contribution in [1.29, 1.82) is 0 Å². The Morgan fingerprint density at radius 3 is 2.89 bits per heavy atom. The van der Waals surface area contributed by atoms with Crippen molar-refractivity contribution in [2.45, 2.75) is 30.1 Å². The van der Waals surface area contributed by atoms with E-state index in [1.54, 1.807) is 0 Å². The minimum absolute atomic E-state index is 0.713. The van der Waals surface area contributed by atoms with E-state index in [1.807, 2.05) is 6.07 Å². The number of hydrogen-bond acceptors (Lipinski definition) is 3. The monoisotopic (exact) mass is 313 g/mol. The van der Waals surface area contributed by atoms with Crippen LogP contribution in [0.15, 0.2) is 24.3 Å². The molecule has 104 valence electrons. The van der Waals surface area contributed by atoms with E-state index in [2.05, 4.69) is 47.0 Å².